The van der Waals surface area contributed by atoms with Crippen molar-refractivity contribution in [3.05, 3.63) is 0 Å². The molecule has 0 bridgehead atoms. The summed E-state index contributed by atoms with van der Waals surface area (Å²) in [6.07, 6.45) is 6.53. The van der Waals surface area contributed by atoms with Gasteiger partial charge in [-0.15, -0.1) is 0 Å². The highest BCUT2D eigenvalue weighted by atomic mass is 32.2. The average molecular weight is 303 g/mol. The summed E-state index contributed by atoms with van der Waals surface area (Å²) in [4.78, 5) is 14.2. The van der Waals surface area contributed by atoms with E-state index in [4.69, 9.17) is 5.73 Å². The minimum atomic E-state index is -3.21. The quantitative estimate of drug-likeness (QED) is 0.750. The van der Waals surface area contributed by atoms with Gasteiger partial charge in [0.05, 0.1) is 6.26 Å². The molecule has 1 heterocycles. The lowest BCUT2D eigenvalue weighted by molar-refractivity contribution is -0.136. The van der Waals surface area contributed by atoms with Crippen LogP contribution in [0.3, 0.4) is 0 Å². The van der Waals surface area contributed by atoms with Gasteiger partial charge in [-0.3, -0.25) is 4.79 Å². The number of nitrogens with two attached hydrogens (primary N) is 1. The summed E-state index contributed by atoms with van der Waals surface area (Å²) in [6.45, 7) is 1.77. The van der Waals surface area contributed by atoms with E-state index < -0.39 is 10.0 Å². The summed E-state index contributed by atoms with van der Waals surface area (Å²) in [7, 11) is -3.21. The summed E-state index contributed by atoms with van der Waals surface area (Å²) >= 11 is 0. The predicted octanol–water partition coefficient (Wildman–Crippen LogP) is 0.0457. The minimum absolute atomic E-state index is 0.00822. The molecule has 1 saturated carbocycles. The van der Waals surface area contributed by atoms with E-state index >= 15 is 0 Å². The molecular formula is C13H25N3O3S. The molecule has 0 spiro atoms. The molecule has 6 nitrogen and oxygen atoms in total. The van der Waals surface area contributed by atoms with Gasteiger partial charge in [-0.05, 0) is 37.6 Å². The molecule has 2 fully saturated rings. The maximum atomic E-state index is 12.4. The summed E-state index contributed by atoms with van der Waals surface area (Å²) in [6, 6.07) is -0.155. The highest BCUT2D eigenvalue weighted by Gasteiger charge is 2.39. The third-order valence-electron chi connectivity index (χ3n) is 4.53. The fourth-order valence-corrected chi connectivity index (χ4v) is 3.96. The Morgan fingerprint density at radius 2 is 2.10 bits per heavy atom. The van der Waals surface area contributed by atoms with Gasteiger partial charge >= 0.3 is 0 Å². The number of nitrogens with zero attached hydrogens (tertiary/aromatic N) is 1. The second-order valence-corrected chi connectivity index (χ2v) is 8.08. The molecule has 0 aromatic carbocycles. The van der Waals surface area contributed by atoms with Gasteiger partial charge in [-0.25, -0.2) is 13.1 Å². The Morgan fingerprint density at radius 1 is 1.40 bits per heavy atom. The van der Waals surface area contributed by atoms with Crippen molar-refractivity contribution >= 4 is 15.9 Å². The topological polar surface area (TPSA) is 92.5 Å². The molecule has 1 saturated heterocycles. The minimum Gasteiger partial charge on any atom is -0.341 e. The fourth-order valence-electron chi connectivity index (χ4n) is 3.17. The van der Waals surface area contributed by atoms with Crippen molar-refractivity contribution in [2.45, 2.75) is 44.6 Å². The van der Waals surface area contributed by atoms with E-state index in [2.05, 4.69) is 4.72 Å². The second kappa shape index (κ2) is 5.99. The first kappa shape index (κ1) is 15.7. The van der Waals surface area contributed by atoms with Crippen LogP contribution < -0.4 is 10.5 Å². The Hall–Kier alpha value is -0.660. The van der Waals surface area contributed by atoms with Gasteiger partial charge in [0.2, 0.25) is 15.9 Å². The molecule has 0 aromatic heterocycles. The standard InChI is InChI=1S/C13H25N3O3S/c1-20(18,19)15-11-4-2-7-16(9-11)12(17)8-13(10-14)5-3-6-13/h11,15H,2-10,14H2,1H3. The maximum absolute atomic E-state index is 12.4. The van der Waals surface area contributed by atoms with Gasteiger partial charge < -0.3 is 10.6 Å². The van der Waals surface area contributed by atoms with Crippen molar-refractivity contribution in [3.63, 3.8) is 0 Å². The van der Waals surface area contributed by atoms with E-state index in [0.717, 1.165) is 44.9 Å². The molecular weight excluding hydrogens is 278 g/mol. The molecule has 1 amide bonds. The summed E-state index contributed by atoms with van der Waals surface area (Å²) in [5, 5.41) is 0. The summed E-state index contributed by atoms with van der Waals surface area (Å²) in [5.74, 6) is 0.121. The smallest absolute Gasteiger partial charge is 0.223 e. The van der Waals surface area contributed by atoms with Gasteiger partial charge in [0.15, 0.2) is 0 Å². The molecule has 2 rings (SSSR count). The number of carbonyl (C=O) groups excluding carboxylic acids is 1. The van der Waals surface area contributed by atoms with Gasteiger partial charge in [-0.2, -0.15) is 0 Å². The van der Waals surface area contributed by atoms with E-state index in [9.17, 15) is 13.2 Å². The average Bonchev–Trinajstić information content (AvgIpc) is 2.32. The van der Waals surface area contributed by atoms with E-state index in [1.165, 1.54) is 0 Å². The lowest BCUT2D eigenvalue weighted by Gasteiger charge is -2.42. The first-order chi connectivity index (χ1) is 9.34. The third kappa shape index (κ3) is 3.93. The SMILES string of the molecule is CS(=O)(=O)NC1CCCN(C(=O)CC2(CN)CCC2)C1. The van der Waals surface area contributed by atoms with Crippen LogP contribution in [0.15, 0.2) is 0 Å². The molecule has 3 N–H and O–H groups in total. The van der Waals surface area contributed by atoms with E-state index in [-0.39, 0.29) is 17.4 Å². The fraction of sp³-hybridized carbons (Fsp3) is 0.923. The first-order valence-electron chi connectivity index (χ1n) is 7.29. The predicted molar refractivity (Wildman–Crippen MR) is 77.5 cm³/mol. The first-order valence-corrected chi connectivity index (χ1v) is 9.18. The zero-order valence-corrected chi connectivity index (χ0v) is 12.9. The molecule has 1 aliphatic heterocycles. The number of likely N-dealkylation sites (tertiary alicyclic amines) is 1. The van der Waals surface area contributed by atoms with Gasteiger partial charge in [0.25, 0.3) is 0 Å². The Morgan fingerprint density at radius 3 is 2.60 bits per heavy atom. The lowest BCUT2D eigenvalue weighted by atomic mass is 9.66. The van der Waals surface area contributed by atoms with Crippen molar-refractivity contribution in [1.82, 2.24) is 9.62 Å². The van der Waals surface area contributed by atoms with Crippen molar-refractivity contribution in [2.75, 3.05) is 25.9 Å². The highest BCUT2D eigenvalue weighted by molar-refractivity contribution is 7.88. The highest BCUT2D eigenvalue weighted by Crippen LogP contribution is 2.43. The number of hydrogen-bond acceptors (Lipinski definition) is 4. The number of amides is 1. The number of piperidine rings is 1. The molecule has 0 radical (unpaired) electrons. The van der Waals surface area contributed by atoms with E-state index in [1.807, 2.05) is 0 Å². The third-order valence-corrected chi connectivity index (χ3v) is 5.29. The number of carbonyl (C=O) groups is 1. The van der Waals surface area contributed by atoms with Crippen LogP contribution in [0.2, 0.25) is 0 Å². The lowest BCUT2D eigenvalue weighted by Crippen LogP contribution is -2.51. The molecule has 1 unspecified atom stereocenters. The van der Waals surface area contributed by atoms with Crippen molar-refractivity contribution < 1.29 is 13.2 Å². The zero-order valence-electron chi connectivity index (χ0n) is 12.1. The molecule has 116 valence electrons. The van der Waals surface area contributed by atoms with Gasteiger partial charge in [0, 0.05) is 25.6 Å². The Kier molecular flexibility index (Phi) is 4.71. The van der Waals surface area contributed by atoms with Crippen LogP contribution in [-0.2, 0) is 14.8 Å². The van der Waals surface area contributed by atoms with Crippen LogP contribution >= 0.6 is 0 Å². The van der Waals surface area contributed by atoms with E-state index in [1.54, 1.807) is 4.90 Å². The van der Waals surface area contributed by atoms with Crippen molar-refractivity contribution in [2.24, 2.45) is 11.1 Å². The van der Waals surface area contributed by atoms with Crippen LogP contribution in [0.4, 0.5) is 0 Å². The van der Waals surface area contributed by atoms with E-state index in [0.29, 0.717) is 19.5 Å². The largest absolute Gasteiger partial charge is 0.341 e. The van der Waals surface area contributed by atoms with Crippen LogP contribution in [0, 0.1) is 5.41 Å². The summed E-state index contributed by atoms with van der Waals surface area (Å²) in [5.41, 5.74) is 5.80. The van der Waals surface area contributed by atoms with Crippen LogP contribution in [0.1, 0.15) is 38.5 Å². The number of nitrogens with one attached hydrogen (secondary N) is 1. The summed E-state index contributed by atoms with van der Waals surface area (Å²) < 4.78 is 25.2. The number of hydrogen-bond donors (Lipinski definition) is 2. The van der Waals surface area contributed by atoms with Crippen LogP contribution in [0.5, 0.6) is 0 Å². The maximum Gasteiger partial charge on any atom is 0.223 e. The molecule has 0 aromatic rings. The normalized spacial score (nSPS) is 26.1. The van der Waals surface area contributed by atoms with Crippen LogP contribution in [0.25, 0.3) is 0 Å². The number of rotatable bonds is 5. The van der Waals surface area contributed by atoms with Gasteiger partial charge in [0.1, 0.15) is 0 Å². The van der Waals surface area contributed by atoms with Crippen LogP contribution in [-0.4, -0.2) is 51.2 Å². The Bertz CT molecular complexity index is 454. The Balaban J connectivity index is 1.90. The van der Waals surface area contributed by atoms with Crippen molar-refractivity contribution in [3.8, 4) is 0 Å². The zero-order chi connectivity index (χ0) is 14.8. The number of sulfonamides is 1. The molecule has 1 atom stereocenters. The Labute approximate surface area is 121 Å². The molecule has 2 aliphatic rings. The monoisotopic (exact) mass is 303 g/mol. The molecule has 20 heavy (non-hydrogen) atoms. The van der Waals surface area contributed by atoms with Crippen molar-refractivity contribution in [1.29, 1.82) is 0 Å². The van der Waals surface area contributed by atoms with Gasteiger partial charge in [-0.1, -0.05) is 6.42 Å². The molecule has 1 aliphatic carbocycles. The molecule has 7 heteroatoms. The second-order valence-electron chi connectivity index (χ2n) is 6.30.